The van der Waals surface area contributed by atoms with E-state index in [1.54, 1.807) is 18.2 Å². The van der Waals surface area contributed by atoms with Crippen LogP contribution in [-0.4, -0.2) is 18.8 Å². The van der Waals surface area contributed by atoms with Crippen molar-refractivity contribution in [2.24, 2.45) is 17.4 Å². The van der Waals surface area contributed by atoms with Crippen molar-refractivity contribution in [3.63, 3.8) is 0 Å². The van der Waals surface area contributed by atoms with Gasteiger partial charge in [0, 0.05) is 15.6 Å². The van der Waals surface area contributed by atoms with Crippen molar-refractivity contribution < 1.29 is 19.1 Å². The minimum Gasteiger partial charge on any atom is -0.449 e. The zero-order valence-corrected chi connectivity index (χ0v) is 12.9. The number of primary amides is 2. The van der Waals surface area contributed by atoms with Crippen LogP contribution in [-0.2, 0) is 9.47 Å². The summed E-state index contributed by atoms with van der Waals surface area (Å²) in [6, 6.07) is 4.82. The maximum atomic E-state index is 11.0. The molecule has 0 fully saturated rings. The average Bonchev–Trinajstić information content (AvgIpc) is 2.35. The predicted molar refractivity (Wildman–Crippen MR) is 79.2 cm³/mol. The van der Waals surface area contributed by atoms with E-state index in [-0.39, 0.29) is 12.5 Å². The highest BCUT2D eigenvalue weighted by molar-refractivity contribution is 6.35. The molecule has 2 atom stereocenters. The molecule has 0 unspecified atom stereocenters. The first-order valence-corrected chi connectivity index (χ1v) is 6.88. The largest absolute Gasteiger partial charge is 0.449 e. The lowest BCUT2D eigenvalue weighted by atomic mass is 9.98. The normalized spacial score (nSPS) is 13.3. The van der Waals surface area contributed by atoms with E-state index in [4.69, 9.17) is 44.1 Å². The summed E-state index contributed by atoms with van der Waals surface area (Å²) in [6.07, 6.45) is -2.09. The summed E-state index contributed by atoms with van der Waals surface area (Å²) in [7, 11) is 0. The number of amides is 2. The standard InChI is InChI=1S/C13H16Cl2N2O4/c1-7(6-20-12(16)18)4-11(21-13(17)19)9-3-2-8(14)5-10(9)15/h2-3,5,7,11H,4,6H2,1H3,(H2,16,18)(H2,17,19)/t7-,11-/m0/s1. The highest BCUT2D eigenvalue weighted by Gasteiger charge is 2.22. The van der Waals surface area contributed by atoms with Gasteiger partial charge in [-0.15, -0.1) is 0 Å². The van der Waals surface area contributed by atoms with Crippen LogP contribution in [0.1, 0.15) is 25.0 Å². The van der Waals surface area contributed by atoms with E-state index in [0.29, 0.717) is 22.0 Å². The van der Waals surface area contributed by atoms with Crippen molar-refractivity contribution in [3.8, 4) is 0 Å². The molecule has 1 rings (SSSR count). The number of hydrogen-bond acceptors (Lipinski definition) is 4. The zero-order chi connectivity index (χ0) is 16.0. The fourth-order valence-electron chi connectivity index (χ4n) is 1.80. The Kier molecular flexibility index (Phi) is 6.58. The summed E-state index contributed by atoms with van der Waals surface area (Å²) >= 11 is 11.9. The van der Waals surface area contributed by atoms with Crippen LogP contribution in [0.5, 0.6) is 0 Å². The van der Waals surface area contributed by atoms with E-state index in [1.807, 2.05) is 6.92 Å². The van der Waals surface area contributed by atoms with Gasteiger partial charge in [0.2, 0.25) is 0 Å². The molecule has 1 aromatic rings. The molecule has 0 radical (unpaired) electrons. The summed E-state index contributed by atoms with van der Waals surface area (Å²) in [4.78, 5) is 21.6. The summed E-state index contributed by atoms with van der Waals surface area (Å²) in [5.74, 6) is -0.117. The monoisotopic (exact) mass is 334 g/mol. The van der Waals surface area contributed by atoms with E-state index >= 15 is 0 Å². The van der Waals surface area contributed by atoms with Gasteiger partial charge in [-0.25, -0.2) is 9.59 Å². The second-order valence-corrected chi connectivity index (χ2v) is 5.41. The van der Waals surface area contributed by atoms with Gasteiger partial charge in [0.25, 0.3) is 0 Å². The summed E-state index contributed by atoms with van der Waals surface area (Å²) in [5.41, 5.74) is 10.5. The molecular formula is C13H16Cl2N2O4. The van der Waals surface area contributed by atoms with Crippen molar-refractivity contribution in [2.45, 2.75) is 19.4 Å². The number of nitrogens with two attached hydrogens (primary N) is 2. The van der Waals surface area contributed by atoms with Crippen molar-refractivity contribution in [1.82, 2.24) is 0 Å². The first-order valence-electron chi connectivity index (χ1n) is 6.12. The van der Waals surface area contributed by atoms with Gasteiger partial charge in [-0.1, -0.05) is 36.2 Å². The topological polar surface area (TPSA) is 105 Å². The minimum atomic E-state index is -0.922. The third-order valence-corrected chi connectivity index (χ3v) is 3.26. The Morgan fingerprint density at radius 3 is 2.43 bits per heavy atom. The van der Waals surface area contributed by atoms with Gasteiger partial charge >= 0.3 is 12.2 Å². The van der Waals surface area contributed by atoms with Crippen LogP contribution in [0.25, 0.3) is 0 Å². The highest BCUT2D eigenvalue weighted by atomic mass is 35.5. The maximum Gasteiger partial charge on any atom is 0.405 e. The number of hydrogen-bond donors (Lipinski definition) is 2. The van der Waals surface area contributed by atoms with E-state index in [0.717, 1.165) is 0 Å². The molecule has 1 aromatic carbocycles. The van der Waals surface area contributed by atoms with Crippen molar-refractivity contribution >= 4 is 35.4 Å². The van der Waals surface area contributed by atoms with Gasteiger partial charge in [-0.3, -0.25) is 0 Å². The Bertz CT molecular complexity index is 525. The summed E-state index contributed by atoms with van der Waals surface area (Å²) in [6.45, 7) is 1.91. The maximum absolute atomic E-state index is 11.0. The first kappa shape index (κ1) is 17.4. The van der Waals surface area contributed by atoms with Crippen LogP contribution in [0.15, 0.2) is 18.2 Å². The van der Waals surface area contributed by atoms with E-state index in [1.165, 1.54) is 0 Å². The average molecular weight is 335 g/mol. The molecular weight excluding hydrogens is 319 g/mol. The van der Waals surface area contributed by atoms with Crippen LogP contribution >= 0.6 is 23.2 Å². The first-order chi connectivity index (χ1) is 9.79. The minimum absolute atomic E-state index is 0.0964. The molecule has 0 bridgehead atoms. The van der Waals surface area contributed by atoms with Crippen LogP contribution in [0.4, 0.5) is 9.59 Å². The van der Waals surface area contributed by atoms with E-state index < -0.39 is 18.3 Å². The van der Waals surface area contributed by atoms with Crippen molar-refractivity contribution in [1.29, 1.82) is 0 Å². The number of rotatable bonds is 6. The molecule has 0 aliphatic heterocycles. The molecule has 8 heteroatoms. The third-order valence-electron chi connectivity index (χ3n) is 2.69. The second kappa shape index (κ2) is 7.95. The number of ether oxygens (including phenoxy) is 2. The molecule has 0 aliphatic carbocycles. The second-order valence-electron chi connectivity index (χ2n) is 4.56. The molecule has 2 amide bonds. The fraction of sp³-hybridized carbons (Fsp3) is 0.385. The van der Waals surface area contributed by atoms with Crippen molar-refractivity contribution in [3.05, 3.63) is 33.8 Å². The van der Waals surface area contributed by atoms with Gasteiger partial charge in [-0.2, -0.15) is 0 Å². The summed E-state index contributed by atoms with van der Waals surface area (Å²) < 4.78 is 9.78. The fourth-order valence-corrected chi connectivity index (χ4v) is 2.33. The molecule has 0 saturated carbocycles. The Morgan fingerprint density at radius 2 is 1.90 bits per heavy atom. The molecule has 116 valence electrons. The Balaban J connectivity index is 2.84. The van der Waals surface area contributed by atoms with Gasteiger partial charge < -0.3 is 20.9 Å². The van der Waals surface area contributed by atoms with E-state index in [2.05, 4.69) is 0 Å². The summed E-state index contributed by atoms with van der Waals surface area (Å²) in [5, 5.41) is 0.823. The lowest BCUT2D eigenvalue weighted by Crippen LogP contribution is -2.22. The van der Waals surface area contributed by atoms with Gasteiger partial charge in [0.15, 0.2) is 0 Å². The predicted octanol–water partition coefficient (Wildman–Crippen LogP) is 3.25. The molecule has 21 heavy (non-hydrogen) atoms. The zero-order valence-electron chi connectivity index (χ0n) is 11.3. The third kappa shape index (κ3) is 6.10. The smallest absolute Gasteiger partial charge is 0.405 e. The lowest BCUT2D eigenvalue weighted by Gasteiger charge is -2.21. The van der Waals surface area contributed by atoms with Crippen LogP contribution in [0, 0.1) is 5.92 Å². The molecule has 4 N–H and O–H groups in total. The van der Waals surface area contributed by atoms with E-state index in [9.17, 15) is 9.59 Å². The quantitative estimate of drug-likeness (QED) is 0.832. The van der Waals surface area contributed by atoms with Gasteiger partial charge in [-0.05, 0) is 24.5 Å². The molecule has 0 aliphatic rings. The molecule has 0 heterocycles. The SMILES string of the molecule is C[C@H](COC(N)=O)C[C@H](OC(N)=O)c1ccc(Cl)cc1Cl. The van der Waals surface area contributed by atoms with Crippen LogP contribution < -0.4 is 11.5 Å². The Hall–Kier alpha value is -1.66. The van der Waals surface area contributed by atoms with Crippen molar-refractivity contribution in [2.75, 3.05) is 6.61 Å². The van der Waals surface area contributed by atoms with Gasteiger partial charge in [0.1, 0.15) is 6.10 Å². The molecule has 0 spiro atoms. The van der Waals surface area contributed by atoms with Crippen LogP contribution in [0.3, 0.4) is 0 Å². The number of carbonyl (C=O) groups is 2. The highest BCUT2D eigenvalue weighted by Crippen LogP contribution is 2.32. The number of halogens is 2. The van der Waals surface area contributed by atoms with Gasteiger partial charge in [0.05, 0.1) is 6.61 Å². The Labute approximate surface area is 132 Å². The lowest BCUT2D eigenvalue weighted by molar-refractivity contribution is 0.0763. The van der Waals surface area contributed by atoms with Crippen LogP contribution in [0.2, 0.25) is 10.0 Å². The molecule has 6 nitrogen and oxygen atoms in total. The molecule has 0 aromatic heterocycles. The number of carbonyl (C=O) groups excluding carboxylic acids is 2. The number of benzene rings is 1. The molecule has 0 saturated heterocycles. The Morgan fingerprint density at radius 1 is 1.24 bits per heavy atom.